The Kier molecular flexibility index (Phi) is 7.85. The molecule has 3 unspecified atom stereocenters. The van der Waals surface area contributed by atoms with Gasteiger partial charge in [0.1, 0.15) is 0 Å². The number of aliphatic carboxylic acids is 1. The van der Waals surface area contributed by atoms with Crippen molar-refractivity contribution < 1.29 is 27.9 Å². The van der Waals surface area contributed by atoms with E-state index in [0.717, 1.165) is 24.9 Å². The van der Waals surface area contributed by atoms with Crippen LogP contribution in [0.4, 0.5) is 40.7 Å². The van der Waals surface area contributed by atoms with E-state index in [4.69, 9.17) is 5.11 Å². The molecular formula is C27H33F3N4O3. The lowest BCUT2D eigenvalue weighted by Crippen LogP contribution is -2.39. The van der Waals surface area contributed by atoms with E-state index in [9.17, 15) is 22.8 Å². The summed E-state index contributed by atoms with van der Waals surface area (Å²) in [4.78, 5) is 26.1. The molecule has 3 atom stereocenters. The summed E-state index contributed by atoms with van der Waals surface area (Å²) < 4.78 is 41.2. The molecule has 37 heavy (non-hydrogen) atoms. The van der Waals surface area contributed by atoms with Gasteiger partial charge in [0.25, 0.3) is 0 Å². The third kappa shape index (κ3) is 7.30. The van der Waals surface area contributed by atoms with E-state index in [1.165, 1.54) is 12.1 Å². The summed E-state index contributed by atoms with van der Waals surface area (Å²) >= 11 is 0. The number of halogens is 3. The fourth-order valence-electron chi connectivity index (χ4n) is 5.00. The molecule has 200 valence electrons. The van der Waals surface area contributed by atoms with Crippen LogP contribution in [-0.4, -0.2) is 42.4 Å². The minimum atomic E-state index is -4.75. The molecule has 4 rings (SSSR count). The molecule has 1 saturated heterocycles. The molecule has 2 aromatic rings. The van der Waals surface area contributed by atoms with Gasteiger partial charge in [0.2, 0.25) is 0 Å². The van der Waals surface area contributed by atoms with E-state index >= 15 is 0 Å². The van der Waals surface area contributed by atoms with Gasteiger partial charge in [-0.25, -0.2) is 4.79 Å². The molecular weight excluding hydrogens is 485 g/mol. The van der Waals surface area contributed by atoms with Crippen molar-refractivity contribution in [3.05, 3.63) is 48.0 Å². The van der Waals surface area contributed by atoms with Crippen molar-refractivity contribution in [1.82, 2.24) is 0 Å². The van der Waals surface area contributed by atoms with Crippen molar-refractivity contribution in [1.29, 1.82) is 0 Å². The number of carbonyl (C=O) groups is 2. The second-order valence-electron chi connectivity index (χ2n) is 10.4. The highest BCUT2D eigenvalue weighted by molar-refractivity contribution is 6.02. The van der Waals surface area contributed by atoms with Crippen molar-refractivity contribution in [2.75, 3.05) is 33.9 Å². The topological polar surface area (TPSA) is 93.7 Å². The first kappa shape index (κ1) is 26.6. The van der Waals surface area contributed by atoms with Gasteiger partial charge >= 0.3 is 18.2 Å². The number of hydrogen-bond acceptors (Lipinski definition) is 4. The average Bonchev–Trinajstić information content (AvgIpc) is 3.61. The summed E-state index contributed by atoms with van der Waals surface area (Å²) in [5, 5.41) is 17.9. The second-order valence-corrected chi connectivity index (χ2v) is 10.4. The zero-order valence-electron chi connectivity index (χ0n) is 20.9. The number of nitrogens with zero attached hydrogens (tertiary/aromatic N) is 1. The molecule has 2 amide bonds. The molecule has 1 saturated carbocycles. The van der Waals surface area contributed by atoms with Crippen LogP contribution in [0.25, 0.3) is 0 Å². The van der Waals surface area contributed by atoms with Crippen LogP contribution in [0.1, 0.15) is 51.0 Å². The first-order valence-corrected chi connectivity index (χ1v) is 12.6. The van der Waals surface area contributed by atoms with Crippen LogP contribution < -0.4 is 20.9 Å². The van der Waals surface area contributed by atoms with E-state index in [0.29, 0.717) is 42.3 Å². The number of rotatable bonds is 8. The number of alkyl halides is 3. The molecule has 2 aromatic carbocycles. The maximum absolute atomic E-state index is 13.7. The zero-order valence-corrected chi connectivity index (χ0v) is 20.9. The maximum Gasteiger partial charge on any atom is 0.396 e. The number of urea groups is 1. The highest BCUT2D eigenvalue weighted by Gasteiger charge is 2.42. The highest BCUT2D eigenvalue weighted by atomic mass is 19.4. The van der Waals surface area contributed by atoms with E-state index in [1.54, 1.807) is 18.2 Å². The standard InChI is InChI=1S/C27H33F3N4O3/c1-16-11-17(2)15-34(14-16)24-10-3-18(22(13-25(35)36)27(28,29)30)12-23(24)33-26(37)32-21-8-6-20(7-9-21)31-19-4-5-19/h3,6-10,12,16-17,19,22,31H,4-5,11,13-15H2,1-2H3,(H,35,36)(H2,32,33,37). The van der Waals surface area contributed by atoms with Gasteiger partial charge in [-0.05, 0) is 73.1 Å². The van der Waals surface area contributed by atoms with Crippen LogP contribution >= 0.6 is 0 Å². The molecule has 1 aliphatic heterocycles. The van der Waals surface area contributed by atoms with Gasteiger partial charge in [0, 0.05) is 30.5 Å². The van der Waals surface area contributed by atoms with Gasteiger partial charge in [-0.1, -0.05) is 19.9 Å². The number of anilines is 4. The Morgan fingerprint density at radius 3 is 2.19 bits per heavy atom. The number of hydrogen-bond donors (Lipinski definition) is 4. The van der Waals surface area contributed by atoms with Crippen molar-refractivity contribution >= 4 is 34.7 Å². The predicted molar refractivity (Wildman–Crippen MR) is 138 cm³/mol. The Morgan fingerprint density at radius 2 is 1.62 bits per heavy atom. The number of nitrogens with one attached hydrogen (secondary N) is 3. The normalized spacial score (nSPS) is 20.7. The first-order chi connectivity index (χ1) is 17.5. The van der Waals surface area contributed by atoms with Crippen LogP contribution in [0.5, 0.6) is 0 Å². The minimum absolute atomic E-state index is 0.206. The third-order valence-electron chi connectivity index (χ3n) is 6.75. The molecule has 0 spiro atoms. The molecule has 0 radical (unpaired) electrons. The van der Waals surface area contributed by atoms with Gasteiger partial charge < -0.3 is 26.0 Å². The van der Waals surface area contributed by atoms with E-state index in [2.05, 4.69) is 34.7 Å². The van der Waals surface area contributed by atoms with Gasteiger partial charge in [-0.15, -0.1) is 0 Å². The Labute approximate surface area is 214 Å². The zero-order chi connectivity index (χ0) is 26.7. The summed E-state index contributed by atoms with van der Waals surface area (Å²) in [5.74, 6) is -2.98. The van der Waals surface area contributed by atoms with E-state index in [-0.39, 0.29) is 11.3 Å². The molecule has 10 heteroatoms. The van der Waals surface area contributed by atoms with Gasteiger partial charge in [-0.2, -0.15) is 13.2 Å². The fourth-order valence-corrected chi connectivity index (χ4v) is 5.00. The lowest BCUT2D eigenvalue weighted by Gasteiger charge is -2.37. The molecule has 7 nitrogen and oxygen atoms in total. The molecule has 1 heterocycles. The van der Waals surface area contributed by atoms with Crippen molar-refractivity contribution in [2.45, 2.75) is 57.7 Å². The van der Waals surface area contributed by atoms with Crippen molar-refractivity contribution in [2.24, 2.45) is 11.8 Å². The number of amides is 2. The molecule has 4 N–H and O–H groups in total. The molecule has 2 fully saturated rings. The van der Waals surface area contributed by atoms with Crippen LogP contribution in [0.3, 0.4) is 0 Å². The monoisotopic (exact) mass is 518 g/mol. The van der Waals surface area contributed by atoms with Crippen LogP contribution in [-0.2, 0) is 4.79 Å². The lowest BCUT2D eigenvalue weighted by atomic mass is 9.90. The third-order valence-corrected chi connectivity index (χ3v) is 6.75. The molecule has 0 bridgehead atoms. The van der Waals surface area contributed by atoms with E-state index < -0.39 is 30.5 Å². The lowest BCUT2D eigenvalue weighted by molar-refractivity contribution is -0.163. The number of carboxylic acid groups (broad SMARTS) is 1. The highest BCUT2D eigenvalue weighted by Crippen LogP contribution is 2.41. The van der Waals surface area contributed by atoms with Crippen LogP contribution in [0, 0.1) is 11.8 Å². The summed E-state index contributed by atoms with van der Waals surface area (Å²) in [7, 11) is 0. The summed E-state index contributed by atoms with van der Waals surface area (Å²) in [5.41, 5.74) is 2.10. The van der Waals surface area contributed by atoms with Crippen molar-refractivity contribution in [3.63, 3.8) is 0 Å². The first-order valence-electron chi connectivity index (χ1n) is 12.6. The molecule has 2 aliphatic rings. The van der Waals surface area contributed by atoms with E-state index in [1.807, 2.05) is 12.1 Å². The summed E-state index contributed by atoms with van der Waals surface area (Å²) in [6, 6.07) is 11.2. The Bertz CT molecular complexity index is 1110. The average molecular weight is 519 g/mol. The number of carboxylic acids is 1. The quantitative estimate of drug-likeness (QED) is 0.320. The Hall–Kier alpha value is -3.43. The Morgan fingerprint density at radius 1 is 1.00 bits per heavy atom. The summed E-state index contributed by atoms with van der Waals surface area (Å²) in [6.45, 7) is 5.64. The SMILES string of the molecule is CC1CC(C)CN(c2ccc(C(CC(=O)O)C(F)(F)F)cc2NC(=O)Nc2ccc(NC3CC3)cc2)C1. The number of carbonyl (C=O) groups excluding carboxylic acids is 1. The van der Waals surface area contributed by atoms with Crippen LogP contribution in [0.15, 0.2) is 42.5 Å². The van der Waals surface area contributed by atoms with Crippen LogP contribution in [0.2, 0.25) is 0 Å². The fraction of sp³-hybridized carbons (Fsp3) is 0.481. The minimum Gasteiger partial charge on any atom is -0.481 e. The second kappa shape index (κ2) is 10.9. The number of benzene rings is 2. The predicted octanol–water partition coefficient (Wildman–Crippen LogP) is 6.51. The maximum atomic E-state index is 13.7. The molecule has 0 aromatic heterocycles. The Balaban J connectivity index is 1.58. The van der Waals surface area contributed by atoms with Crippen molar-refractivity contribution in [3.8, 4) is 0 Å². The van der Waals surface area contributed by atoms with Gasteiger partial charge in [0.15, 0.2) is 0 Å². The molecule has 1 aliphatic carbocycles. The van der Waals surface area contributed by atoms with Gasteiger partial charge in [0.05, 0.1) is 23.7 Å². The summed E-state index contributed by atoms with van der Waals surface area (Å²) in [6.07, 6.45) is -2.52. The number of piperidine rings is 1. The smallest absolute Gasteiger partial charge is 0.396 e. The largest absolute Gasteiger partial charge is 0.481 e. The van der Waals surface area contributed by atoms with Gasteiger partial charge in [-0.3, -0.25) is 4.79 Å².